The summed E-state index contributed by atoms with van der Waals surface area (Å²) in [6.45, 7) is 2.20. The maximum Gasteiger partial charge on any atom is 0.334 e. The molecule has 2 aliphatic heterocycles. The number of morpholine rings is 1. The van der Waals surface area contributed by atoms with E-state index in [2.05, 4.69) is 0 Å². The molecule has 1 aromatic carbocycles. The fourth-order valence-electron chi connectivity index (χ4n) is 3.12. The summed E-state index contributed by atoms with van der Waals surface area (Å²) in [4.78, 5) is 40.3. The van der Waals surface area contributed by atoms with E-state index >= 15 is 0 Å². The number of rotatable bonds is 5. The quantitative estimate of drug-likeness (QED) is 0.778. The first kappa shape index (κ1) is 18.7. The normalized spacial score (nSPS) is 20.2. The highest BCUT2D eigenvalue weighted by atomic mass is 32.2. The van der Waals surface area contributed by atoms with Crippen molar-refractivity contribution in [2.45, 2.75) is 23.8 Å². The predicted molar refractivity (Wildman–Crippen MR) is 96.3 cm³/mol. The molecule has 2 saturated heterocycles. The molecule has 26 heavy (non-hydrogen) atoms. The maximum atomic E-state index is 12.9. The van der Waals surface area contributed by atoms with Crippen LogP contribution in [0, 0.1) is 0 Å². The second-order valence-electron chi connectivity index (χ2n) is 6.32. The Morgan fingerprint density at radius 3 is 2.58 bits per heavy atom. The molecule has 0 radical (unpaired) electrons. The SMILES string of the molecule is O=C(O)C1CN(C(=O)c2ccccc2SCC(=O)N2CCCC2)CCO1. The Morgan fingerprint density at radius 1 is 1.12 bits per heavy atom. The zero-order chi connectivity index (χ0) is 18.5. The van der Waals surface area contributed by atoms with E-state index in [1.807, 2.05) is 17.0 Å². The van der Waals surface area contributed by atoms with Gasteiger partial charge in [-0.15, -0.1) is 11.8 Å². The van der Waals surface area contributed by atoms with Gasteiger partial charge >= 0.3 is 5.97 Å². The van der Waals surface area contributed by atoms with E-state index in [4.69, 9.17) is 9.84 Å². The number of benzene rings is 1. The van der Waals surface area contributed by atoms with E-state index < -0.39 is 12.1 Å². The summed E-state index contributed by atoms with van der Waals surface area (Å²) in [6, 6.07) is 7.15. The van der Waals surface area contributed by atoms with Crippen molar-refractivity contribution in [3.63, 3.8) is 0 Å². The molecule has 0 aliphatic carbocycles. The lowest BCUT2D eigenvalue weighted by molar-refractivity contribution is -0.154. The molecule has 8 heteroatoms. The van der Waals surface area contributed by atoms with Crippen LogP contribution in [0.2, 0.25) is 0 Å². The highest BCUT2D eigenvalue weighted by Gasteiger charge is 2.30. The first-order valence-electron chi connectivity index (χ1n) is 8.69. The lowest BCUT2D eigenvalue weighted by atomic mass is 10.1. The van der Waals surface area contributed by atoms with Crippen LogP contribution in [0.1, 0.15) is 23.2 Å². The van der Waals surface area contributed by atoms with Crippen molar-refractivity contribution < 1.29 is 24.2 Å². The van der Waals surface area contributed by atoms with Gasteiger partial charge in [0, 0.05) is 24.5 Å². The van der Waals surface area contributed by atoms with Gasteiger partial charge in [-0.05, 0) is 25.0 Å². The summed E-state index contributed by atoms with van der Waals surface area (Å²) < 4.78 is 5.17. The van der Waals surface area contributed by atoms with Gasteiger partial charge in [0.2, 0.25) is 5.91 Å². The number of likely N-dealkylation sites (tertiary alicyclic amines) is 1. The standard InChI is InChI=1S/C18H22N2O5S/c21-16(19-7-3-4-8-19)12-26-15-6-2-1-5-13(15)17(22)20-9-10-25-14(11-20)18(23)24/h1-2,5-6,14H,3-4,7-12H2,(H,23,24). The van der Waals surface area contributed by atoms with Crippen molar-refractivity contribution in [2.24, 2.45) is 0 Å². The van der Waals surface area contributed by atoms with Crippen LogP contribution in [0.3, 0.4) is 0 Å². The summed E-state index contributed by atoms with van der Waals surface area (Å²) in [5.74, 6) is -0.907. The van der Waals surface area contributed by atoms with Gasteiger partial charge in [0.25, 0.3) is 5.91 Å². The van der Waals surface area contributed by atoms with E-state index in [0.717, 1.165) is 30.8 Å². The smallest absolute Gasteiger partial charge is 0.334 e. The van der Waals surface area contributed by atoms with Crippen molar-refractivity contribution in [1.29, 1.82) is 0 Å². The van der Waals surface area contributed by atoms with Crippen molar-refractivity contribution in [1.82, 2.24) is 9.80 Å². The third-order valence-electron chi connectivity index (χ3n) is 4.56. The van der Waals surface area contributed by atoms with Crippen molar-refractivity contribution in [2.75, 3.05) is 38.5 Å². The predicted octanol–water partition coefficient (Wildman–Crippen LogP) is 1.33. The average Bonchev–Trinajstić information content (AvgIpc) is 3.21. The average molecular weight is 378 g/mol. The van der Waals surface area contributed by atoms with Crippen LogP contribution in [-0.2, 0) is 14.3 Å². The number of ether oxygens (including phenoxy) is 1. The third-order valence-corrected chi connectivity index (χ3v) is 5.61. The van der Waals surface area contributed by atoms with Crippen molar-refractivity contribution in [3.8, 4) is 0 Å². The first-order valence-corrected chi connectivity index (χ1v) is 9.68. The number of nitrogens with zero attached hydrogens (tertiary/aromatic N) is 2. The van der Waals surface area contributed by atoms with Gasteiger partial charge in [0.1, 0.15) is 0 Å². The van der Waals surface area contributed by atoms with E-state index in [9.17, 15) is 14.4 Å². The zero-order valence-corrected chi connectivity index (χ0v) is 15.2. The van der Waals surface area contributed by atoms with Gasteiger partial charge in [-0.2, -0.15) is 0 Å². The Balaban J connectivity index is 1.67. The van der Waals surface area contributed by atoms with E-state index in [-0.39, 0.29) is 25.0 Å². The van der Waals surface area contributed by atoms with E-state index in [1.165, 1.54) is 16.7 Å². The lowest BCUT2D eigenvalue weighted by Gasteiger charge is -2.31. The number of carboxylic acids is 1. The second kappa shape index (κ2) is 8.55. The first-order chi connectivity index (χ1) is 12.6. The summed E-state index contributed by atoms with van der Waals surface area (Å²) >= 11 is 1.36. The van der Waals surface area contributed by atoms with Crippen molar-refractivity contribution >= 4 is 29.5 Å². The molecule has 7 nitrogen and oxygen atoms in total. The molecule has 2 aliphatic rings. The van der Waals surface area contributed by atoms with E-state index in [1.54, 1.807) is 12.1 Å². The minimum absolute atomic E-state index is 0.0277. The summed E-state index contributed by atoms with van der Waals surface area (Å²) in [7, 11) is 0. The Kier molecular flexibility index (Phi) is 6.16. The number of thioether (sulfide) groups is 1. The van der Waals surface area contributed by atoms with Crippen molar-refractivity contribution in [3.05, 3.63) is 29.8 Å². The number of carbonyl (C=O) groups excluding carboxylic acids is 2. The molecule has 1 N–H and O–H groups in total. The van der Waals surface area contributed by atoms with Gasteiger partial charge < -0.3 is 19.6 Å². The zero-order valence-electron chi connectivity index (χ0n) is 14.4. The molecular weight excluding hydrogens is 356 g/mol. The minimum atomic E-state index is -1.07. The summed E-state index contributed by atoms with van der Waals surface area (Å²) in [5, 5.41) is 9.10. The number of hydrogen-bond acceptors (Lipinski definition) is 5. The Bertz CT molecular complexity index is 690. The largest absolute Gasteiger partial charge is 0.479 e. The van der Waals surface area contributed by atoms with Crippen LogP contribution >= 0.6 is 11.8 Å². The molecule has 0 saturated carbocycles. The number of carbonyl (C=O) groups is 3. The van der Waals surface area contributed by atoms with Crippen LogP contribution in [0.5, 0.6) is 0 Å². The highest BCUT2D eigenvalue weighted by Crippen LogP contribution is 2.25. The van der Waals surface area contributed by atoms with Gasteiger partial charge in [0.05, 0.1) is 24.5 Å². The fraction of sp³-hybridized carbons (Fsp3) is 0.500. The van der Waals surface area contributed by atoms with Crippen LogP contribution in [-0.4, -0.2) is 77.3 Å². The summed E-state index contributed by atoms with van der Waals surface area (Å²) in [6.07, 6.45) is 1.10. The minimum Gasteiger partial charge on any atom is -0.479 e. The molecule has 140 valence electrons. The Morgan fingerprint density at radius 2 is 1.85 bits per heavy atom. The highest BCUT2D eigenvalue weighted by molar-refractivity contribution is 8.00. The molecule has 3 rings (SSSR count). The Labute approximate surface area is 156 Å². The monoisotopic (exact) mass is 378 g/mol. The molecule has 2 fully saturated rings. The molecule has 0 aromatic heterocycles. The van der Waals surface area contributed by atoms with Crippen LogP contribution in [0.25, 0.3) is 0 Å². The third kappa shape index (κ3) is 4.37. The van der Waals surface area contributed by atoms with Gasteiger partial charge in [-0.1, -0.05) is 12.1 Å². The number of amides is 2. The number of carboxylic acid groups (broad SMARTS) is 1. The lowest BCUT2D eigenvalue weighted by Crippen LogP contribution is -2.48. The maximum absolute atomic E-state index is 12.9. The van der Waals surface area contributed by atoms with Gasteiger partial charge in [-0.25, -0.2) is 4.79 Å². The fourth-order valence-corrected chi connectivity index (χ4v) is 4.07. The molecule has 2 heterocycles. The molecule has 1 aromatic rings. The molecule has 1 atom stereocenters. The molecule has 1 unspecified atom stereocenters. The topological polar surface area (TPSA) is 87.2 Å². The number of aliphatic carboxylic acids is 1. The van der Waals surface area contributed by atoms with Crippen LogP contribution in [0.4, 0.5) is 0 Å². The molecule has 0 spiro atoms. The number of hydrogen-bond donors (Lipinski definition) is 1. The molecular formula is C18H22N2O5S. The van der Waals surface area contributed by atoms with Gasteiger partial charge in [-0.3, -0.25) is 9.59 Å². The second-order valence-corrected chi connectivity index (χ2v) is 7.34. The van der Waals surface area contributed by atoms with E-state index in [0.29, 0.717) is 17.9 Å². The van der Waals surface area contributed by atoms with Crippen LogP contribution < -0.4 is 0 Å². The van der Waals surface area contributed by atoms with Gasteiger partial charge in [0.15, 0.2) is 6.10 Å². The van der Waals surface area contributed by atoms with Crippen LogP contribution in [0.15, 0.2) is 29.2 Å². The molecule has 2 amide bonds. The summed E-state index contributed by atoms with van der Waals surface area (Å²) in [5.41, 5.74) is 0.498. The molecule has 0 bridgehead atoms. The Hall–Kier alpha value is -2.06.